The van der Waals surface area contributed by atoms with Crippen molar-refractivity contribution in [2.75, 3.05) is 4.90 Å². The Morgan fingerprint density at radius 1 is 1.37 bits per heavy atom. The van der Waals surface area contributed by atoms with E-state index in [1.807, 2.05) is 49.1 Å². The van der Waals surface area contributed by atoms with E-state index in [1.165, 1.54) is 0 Å². The highest BCUT2D eigenvalue weighted by molar-refractivity contribution is 8.22. The van der Waals surface area contributed by atoms with Crippen LogP contribution in [0.5, 0.6) is 0 Å². The first-order chi connectivity index (χ1) is 8.72. The average molecular weight is 322 g/mol. The lowest BCUT2D eigenvalue weighted by molar-refractivity contribution is -0.135. The molecule has 0 bridgehead atoms. The molecule has 1 unspecified atom stereocenters. The summed E-state index contributed by atoms with van der Waals surface area (Å²) in [6.07, 6.45) is 0. The van der Waals surface area contributed by atoms with Gasteiger partial charge in [-0.2, -0.15) is 0 Å². The third-order valence-electron chi connectivity index (χ3n) is 2.57. The molecule has 1 N–H and O–H groups in total. The fraction of sp³-hybridized carbons (Fsp3) is 0.417. The van der Waals surface area contributed by atoms with Gasteiger partial charge in [-0.25, -0.2) is 4.79 Å². The van der Waals surface area contributed by atoms with Crippen molar-refractivity contribution in [1.82, 2.24) is 0 Å². The second-order valence-corrected chi connectivity index (χ2v) is 8.92. The highest BCUT2D eigenvalue weighted by Gasteiger charge is 2.28. The van der Waals surface area contributed by atoms with Crippen LogP contribution >= 0.6 is 17.1 Å². The molecule has 19 heavy (non-hydrogen) atoms. The number of para-hydroxylation sites is 1. The quantitative estimate of drug-likeness (QED) is 0.843. The first-order valence-corrected chi connectivity index (χ1v) is 9.39. The number of benzene rings is 1. The number of carbonyl (C=O) groups is 1. The van der Waals surface area contributed by atoms with Crippen molar-refractivity contribution in [3.63, 3.8) is 0 Å². The first kappa shape index (κ1) is 16.4. The summed E-state index contributed by atoms with van der Waals surface area (Å²) in [4.78, 5) is 23.1. The third kappa shape index (κ3) is 5.11. The van der Waals surface area contributed by atoms with Gasteiger partial charge in [0, 0.05) is 11.7 Å². The maximum Gasteiger partial charge on any atom is 0.334 e. The zero-order chi connectivity index (χ0) is 14.6. The molecule has 106 valence electrons. The van der Waals surface area contributed by atoms with Crippen LogP contribution in [0.25, 0.3) is 0 Å². The smallest absolute Gasteiger partial charge is 0.334 e. The Hall–Kier alpha value is -0.610. The van der Waals surface area contributed by atoms with Gasteiger partial charge in [0.15, 0.2) is 0 Å². The standard InChI is InChI=1S/C12H17ClNO3PS/c1-9(2)14(11-7-5-4-6-8-11)10(3)12(15)17-18(13,16)19/h4-10H,1-3H3,(H,16,19)/t10-,18?/m0/s1. The first-order valence-electron chi connectivity index (χ1n) is 5.81. The molecule has 0 aromatic heterocycles. The average Bonchev–Trinajstić information content (AvgIpc) is 2.27. The minimum absolute atomic E-state index is 0.0804. The molecule has 0 aliphatic rings. The Balaban J connectivity index is 2.95. The number of nitrogens with zero attached hydrogens (tertiary/aromatic N) is 1. The second-order valence-electron chi connectivity index (χ2n) is 4.37. The topological polar surface area (TPSA) is 49.8 Å². The predicted molar refractivity (Wildman–Crippen MR) is 82.0 cm³/mol. The van der Waals surface area contributed by atoms with E-state index in [9.17, 15) is 9.69 Å². The van der Waals surface area contributed by atoms with E-state index < -0.39 is 17.9 Å². The maximum atomic E-state index is 11.9. The Kier molecular flexibility index (Phi) is 5.81. The van der Waals surface area contributed by atoms with Crippen LogP contribution in [0, 0.1) is 0 Å². The molecule has 0 saturated carbocycles. The Bertz CT molecular complexity index is 477. The molecule has 7 heteroatoms. The van der Waals surface area contributed by atoms with Gasteiger partial charge in [-0.15, -0.1) is 0 Å². The molecule has 0 spiro atoms. The summed E-state index contributed by atoms with van der Waals surface area (Å²) in [5.74, 6) is -4.13. The second kappa shape index (κ2) is 6.71. The molecule has 0 heterocycles. The molecular weight excluding hydrogens is 305 g/mol. The molecule has 1 aromatic rings. The van der Waals surface area contributed by atoms with E-state index in [2.05, 4.69) is 11.8 Å². The van der Waals surface area contributed by atoms with Crippen LogP contribution in [-0.4, -0.2) is 22.9 Å². The monoisotopic (exact) mass is 321 g/mol. The number of anilines is 1. The maximum absolute atomic E-state index is 11.9. The minimum atomic E-state index is -3.51. The van der Waals surface area contributed by atoms with E-state index in [-0.39, 0.29) is 6.04 Å². The van der Waals surface area contributed by atoms with Gasteiger partial charge in [-0.3, -0.25) is 0 Å². The van der Waals surface area contributed by atoms with Gasteiger partial charge in [-0.1, -0.05) is 18.2 Å². The van der Waals surface area contributed by atoms with Crippen LogP contribution in [0.2, 0.25) is 0 Å². The van der Waals surface area contributed by atoms with Crippen molar-refractivity contribution in [3.05, 3.63) is 30.3 Å². The highest BCUT2D eigenvalue weighted by Crippen LogP contribution is 2.48. The van der Waals surface area contributed by atoms with Crippen LogP contribution in [0.1, 0.15) is 20.8 Å². The molecule has 1 rings (SSSR count). The molecular formula is C12H17ClNO3PS. The van der Waals surface area contributed by atoms with E-state index in [1.54, 1.807) is 6.92 Å². The summed E-state index contributed by atoms with van der Waals surface area (Å²) in [7, 11) is 0. The summed E-state index contributed by atoms with van der Waals surface area (Å²) >= 11 is 9.94. The lowest BCUT2D eigenvalue weighted by Crippen LogP contribution is -2.44. The van der Waals surface area contributed by atoms with Crippen molar-refractivity contribution in [3.8, 4) is 0 Å². The third-order valence-corrected chi connectivity index (χ3v) is 3.41. The molecule has 0 saturated heterocycles. The van der Waals surface area contributed by atoms with Gasteiger partial charge < -0.3 is 14.3 Å². The lowest BCUT2D eigenvalue weighted by atomic mass is 10.1. The van der Waals surface area contributed by atoms with Crippen LogP contribution in [0.15, 0.2) is 30.3 Å². The van der Waals surface area contributed by atoms with E-state index in [0.29, 0.717) is 0 Å². The Morgan fingerprint density at radius 2 is 1.89 bits per heavy atom. The number of hydrogen-bond acceptors (Lipinski definition) is 4. The van der Waals surface area contributed by atoms with Crippen LogP contribution < -0.4 is 4.90 Å². The van der Waals surface area contributed by atoms with Gasteiger partial charge in [0.1, 0.15) is 6.04 Å². The van der Waals surface area contributed by atoms with Gasteiger partial charge in [0.2, 0.25) is 0 Å². The Morgan fingerprint density at radius 3 is 2.32 bits per heavy atom. The Labute approximate surface area is 123 Å². The van der Waals surface area contributed by atoms with Crippen LogP contribution in [0.4, 0.5) is 5.69 Å². The van der Waals surface area contributed by atoms with Gasteiger partial charge in [0.25, 0.3) is 0 Å². The van der Waals surface area contributed by atoms with Crippen molar-refractivity contribution in [2.45, 2.75) is 32.9 Å². The van der Waals surface area contributed by atoms with Crippen molar-refractivity contribution >= 4 is 40.5 Å². The van der Waals surface area contributed by atoms with Crippen molar-refractivity contribution in [2.24, 2.45) is 0 Å². The predicted octanol–water partition coefficient (Wildman–Crippen LogP) is 3.29. The molecule has 0 radical (unpaired) electrons. The molecule has 2 atom stereocenters. The van der Waals surface area contributed by atoms with Gasteiger partial charge >= 0.3 is 11.8 Å². The normalized spacial score (nSPS) is 15.7. The molecule has 1 aromatic carbocycles. The largest absolute Gasteiger partial charge is 0.399 e. The summed E-state index contributed by atoms with van der Waals surface area (Å²) in [5, 5.41) is 0. The number of halogens is 1. The van der Waals surface area contributed by atoms with E-state index in [0.717, 1.165) is 5.69 Å². The van der Waals surface area contributed by atoms with Gasteiger partial charge in [-0.05, 0) is 56.0 Å². The summed E-state index contributed by atoms with van der Waals surface area (Å²) in [5.41, 5.74) is 0.891. The number of hydrogen-bond donors (Lipinski definition) is 1. The molecule has 0 fully saturated rings. The summed E-state index contributed by atoms with van der Waals surface area (Å²) in [6, 6.07) is 8.98. The van der Waals surface area contributed by atoms with E-state index in [4.69, 9.17) is 15.8 Å². The zero-order valence-corrected chi connectivity index (χ0v) is 13.5. The van der Waals surface area contributed by atoms with E-state index >= 15 is 0 Å². The van der Waals surface area contributed by atoms with Crippen molar-refractivity contribution < 1.29 is 14.2 Å². The minimum Gasteiger partial charge on any atom is -0.399 e. The summed E-state index contributed by atoms with van der Waals surface area (Å²) < 4.78 is 4.72. The van der Waals surface area contributed by atoms with Crippen molar-refractivity contribution in [1.29, 1.82) is 0 Å². The molecule has 4 nitrogen and oxygen atoms in total. The number of rotatable bonds is 5. The fourth-order valence-electron chi connectivity index (χ4n) is 1.87. The lowest BCUT2D eigenvalue weighted by Gasteiger charge is -2.33. The fourth-order valence-corrected chi connectivity index (χ4v) is 2.67. The van der Waals surface area contributed by atoms with Crippen LogP contribution in [0.3, 0.4) is 0 Å². The molecule has 0 aliphatic carbocycles. The number of carbonyl (C=O) groups excluding carboxylic acids is 1. The highest BCUT2D eigenvalue weighted by atomic mass is 35.7. The summed E-state index contributed by atoms with van der Waals surface area (Å²) in [6.45, 7) is 5.62. The van der Waals surface area contributed by atoms with Gasteiger partial charge in [0.05, 0.1) is 0 Å². The molecule has 0 amide bonds. The SMILES string of the molecule is CC(C)N(c1ccccc1)[C@@H](C)C(=O)OP(O)(=S)Cl. The van der Waals surface area contributed by atoms with Crippen LogP contribution in [-0.2, 0) is 21.1 Å². The zero-order valence-electron chi connectivity index (χ0n) is 11.0. The molecule has 0 aliphatic heterocycles.